The van der Waals surface area contributed by atoms with Crippen LogP contribution in [0.5, 0.6) is 5.75 Å². The maximum atomic E-state index is 11.5. The van der Waals surface area contributed by atoms with Gasteiger partial charge in [-0.1, -0.05) is 18.2 Å². The predicted octanol–water partition coefficient (Wildman–Crippen LogP) is 1.70. The molecule has 0 spiro atoms. The summed E-state index contributed by atoms with van der Waals surface area (Å²) in [6.45, 7) is 0. The average Bonchev–Trinajstić information content (AvgIpc) is 2.31. The van der Waals surface area contributed by atoms with Crippen molar-refractivity contribution >= 4 is 5.97 Å². The fourth-order valence-corrected chi connectivity index (χ4v) is 1.06. The van der Waals surface area contributed by atoms with Crippen molar-refractivity contribution < 1.29 is 9.53 Å². The van der Waals surface area contributed by atoms with Crippen LogP contribution in [-0.4, -0.2) is 15.9 Å². The summed E-state index contributed by atoms with van der Waals surface area (Å²) in [5.74, 6) is 0.0183. The molecule has 2 aromatic rings. The van der Waals surface area contributed by atoms with Gasteiger partial charge in [-0.2, -0.15) is 0 Å². The van der Waals surface area contributed by atoms with Gasteiger partial charge in [0.25, 0.3) is 0 Å². The lowest BCUT2D eigenvalue weighted by atomic mass is 10.3. The van der Waals surface area contributed by atoms with Crippen LogP contribution in [0.25, 0.3) is 0 Å². The van der Waals surface area contributed by atoms with E-state index in [1.54, 1.807) is 24.3 Å². The van der Waals surface area contributed by atoms with Gasteiger partial charge in [0.05, 0.1) is 0 Å². The Morgan fingerprint density at radius 3 is 2.60 bits per heavy atom. The topological polar surface area (TPSA) is 52.1 Å². The lowest BCUT2D eigenvalue weighted by Crippen LogP contribution is -2.10. The second-order valence-corrected chi connectivity index (χ2v) is 2.80. The van der Waals surface area contributed by atoms with Crippen molar-refractivity contribution in [2.75, 3.05) is 0 Å². The molecule has 0 radical (unpaired) electrons. The normalized spacial score (nSPS) is 9.60. The minimum absolute atomic E-state index is 0.244. The monoisotopic (exact) mass is 200 g/mol. The van der Waals surface area contributed by atoms with Crippen LogP contribution in [0.4, 0.5) is 0 Å². The fourth-order valence-electron chi connectivity index (χ4n) is 1.06. The van der Waals surface area contributed by atoms with E-state index in [-0.39, 0.29) is 5.69 Å². The Kier molecular flexibility index (Phi) is 2.69. The number of ether oxygens (including phenoxy) is 1. The van der Waals surface area contributed by atoms with Crippen LogP contribution in [0, 0.1) is 0 Å². The number of para-hydroxylation sites is 1. The van der Waals surface area contributed by atoms with Gasteiger partial charge in [0, 0.05) is 6.20 Å². The molecule has 1 aromatic carbocycles. The van der Waals surface area contributed by atoms with E-state index in [9.17, 15) is 4.79 Å². The number of carbonyl (C=O) groups excluding carboxylic acids is 1. The van der Waals surface area contributed by atoms with Gasteiger partial charge < -0.3 is 4.74 Å². The van der Waals surface area contributed by atoms with Gasteiger partial charge in [0.1, 0.15) is 12.1 Å². The Morgan fingerprint density at radius 1 is 1.13 bits per heavy atom. The molecule has 1 aromatic heterocycles. The van der Waals surface area contributed by atoms with Crippen molar-refractivity contribution in [2.45, 2.75) is 0 Å². The molecule has 0 atom stereocenters. The maximum absolute atomic E-state index is 11.5. The third-order valence-corrected chi connectivity index (χ3v) is 1.74. The zero-order chi connectivity index (χ0) is 10.5. The van der Waals surface area contributed by atoms with E-state index in [0.717, 1.165) is 0 Å². The third-order valence-electron chi connectivity index (χ3n) is 1.74. The molecular weight excluding hydrogens is 192 g/mol. The molecule has 0 aliphatic heterocycles. The molecule has 2 rings (SSSR count). The first-order valence-electron chi connectivity index (χ1n) is 4.39. The molecule has 0 aliphatic carbocycles. The van der Waals surface area contributed by atoms with Gasteiger partial charge in [0.15, 0.2) is 5.69 Å². The average molecular weight is 200 g/mol. The van der Waals surface area contributed by atoms with Gasteiger partial charge in [0.2, 0.25) is 0 Å². The summed E-state index contributed by atoms with van der Waals surface area (Å²) in [6.07, 6.45) is 2.80. The Hall–Kier alpha value is -2.23. The Balaban J connectivity index is 2.12. The van der Waals surface area contributed by atoms with Crippen LogP contribution >= 0.6 is 0 Å². The second kappa shape index (κ2) is 4.32. The largest absolute Gasteiger partial charge is 0.422 e. The molecule has 0 saturated heterocycles. The molecule has 15 heavy (non-hydrogen) atoms. The van der Waals surface area contributed by atoms with Crippen molar-refractivity contribution in [1.29, 1.82) is 0 Å². The van der Waals surface area contributed by atoms with Gasteiger partial charge in [-0.15, -0.1) is 0 Å². The Labute approximate surface area is 86.6 Å². The number of nitrogens with zero attached hydrogens (tertiary/aromatic N) is 2. The summed E-state index contributed by atoms with van der Waals surface area (Å²) < 4.78 is 5.07. The van der Waals surface area contributed by atoms with Crippen molar-refractivity contribution in [3.63, 3.8) is 0 Å². The first-order valence-corrected chi connectivity index (χ1v) is 4.39. The molecule has 0 bridgehead atoms. The highest BCUT2D eigenvalue weighted by atomic mass is 16.5. The van der Waals surface area contributed by atoms with E-state index in [1.807, 2.05) is 6.07 Å². The van der Waals surface area contributed by atoms with Crippen LogP contribution in [0.3, 0.4) is 0 Å². The summed E-state index contributed by atoms with van der Waals surface area (Å²) in [4.78, 5) is 19.0. The first kappa shape index (κ1) is 9.33. The molecule has 4 nitrogen and oxygen atoms in total. The number of rotatable bonds is 2. The number of hydrogen-bond donors (Lipinski definition) is 0. The summed E-state index contributed by atoms with van der Waals surface area (Å²) in [5, 5.41) is 0. The quantitative estimate of drug-likeness (QED) is 0.546. The molecule has 4 heteroatoms. The Bertz CT molecular complexity index is 443. The second-order valence-electron chi connectivity index (χ2n) is 2.80. The smallest absolute Gasteiger partial charge is 0.362 e. The lowest BCUT2D eigenvalue weighted by Gasteiger charge is -2.01. The molecule has 0 aliphatic rings. The summed E-state index contributed by atoms with van der Waals surface area (Å²) >= 11 is 0. The van der Waals surface area contributed by atoms with Gasteiger partial charge in [-0.25, -0.2) is 14.8 Å². The maximum Gasteiger partial charge on any atom is 0.362 e. The standard InChI is InChI=1S/C11H8N2O2/c14-11(10-6-7-12-8-13-10)15-9-4-2-1-3-5-9/h1-8H. The SMILES string of the molecule is O=C(Oc1ccccc1)c1ccncn1. The van der Waals surface area contributed by atoms with Crippen molar-refractivity contribution in [2.24, 2.45) is 0 Å². The highest BCUT2D eigenvalue weighted by Crippen LogP contribution is 2.10. The van der Waals surface area contributed by atoms with Gasteiger partial charge in [-0.3, -0.25) is 0 Å². The summed E-state index contributed by atoms with van der Waals surface area (Å²) in [5.41, 5.74) is 0.244. The minimum Gasteiger partial charge on any atom is -0.422 e. The molecule has 74 valence electrons. The van der Waals surface area contributed by atoms with Crippen LogP contribution in [0.15, 0.2) is 48.9 Å². The molecule has 0 N–H and O–H groups in total. The van der Waals surface area contributed by atoms with Crippen LogP contribution in [0.1, 0.15) is 10.5 Å². The van der Waals surface area contributed by atoms with Crippen LogP contribution < -0.4 is 4.74 Å². The molecule has 1 heterocycles. The van der Waals surface area contributed by atoms with E-state index in [1.165, 1.54) is 18.6 Å². The molecule has 0 fully saturated rings. The molecule has 0 amide bonds. The third kappa shape index (κ3) is 2.37. The number of benzene rings is 1. The zero-order valence-corrected chi connectivity index (χ0v) is 7.83. The number of hydrogen-bond acceptors (Lipinski definition) is 4. The van der Waals surface area contributed by atoms with Gasteiger partial charge in [-0.05, 0) is 18.2 Å². The van der Waals surface area contributed by atoms with E-state index in [4.69, 9.17) is 4.74 Å². The Morgan fingerprint density at radius 2 is 1.93 bits per heavy atom. The van der Waals surface area contributed by atoms with Gasteiger partial charge >= 0.3 is 5.97 Å². The minimum atomic E-state index is -0.483. The highest BCUT2D eigenvalue weighted by molar-refractivity contribution is 5.88. The van der Waals surface area contributed by atoms with E-state index in [2.05, 4.69) is 9.97 Å². The molecule has 0 unspecified atom stereocenters. The fraction of sp³-hybridized carbons (Fsp3) is 0. The van der Waals surface area contributed by atoms with Crippen molar-refractivity contribution in [1.82, 2.24) is 9.97 Å². The molecule has 0 saturated carbocycles. The predicted molar refractivity (Wildman–Crippen MR) is 53.4 cm³/mol. The highest BCUT2D eigenvalue weighted by Gasteiger charge is 2.08. The lowest BCUT2D eigenvalue weighted by molar-refractivity contribution is 0.0728. The summed E-state index contributed by atoms with van der Waals surface area (Å²) in [7, 11) is 0. The van der Waals surface area contributed by atoms with Crippen molar-refractivity contribution in [3.05, 3.63) is 54.6 Å². The van der Waals surface area contributed by atoms with E-state index in [0.29, 0.717) is 5.75 Å². The first-order chi connectivity index (χ1) is 7.36. The van der Waals surface area contributed by atoms with E-state index < -0.39 is 5.97 Å². The zero-order valence-electron chi connectivity index (χ0n) is 7.83. The van der Waals surface area contributed by atoms with Crippen LogP contribution in [-0.2, 0) is 0 Å². The number of carbonyl (C=O) groups is 1. The van der Waals surface area contributed by atoms with Crippen LogP contribution in [0.2, 0.25) is 0 Å². The number of aromatic nitrogens is 2. The number of esters is 1. The van der Waals surface area contributed by atoms with Crippen molar-refractivity contribution in [3.8, 4) is 5.75 Å². The molecular formula is C11H8N2O2. The summed E-state index contributed by atoms with van der Waals surface area (Å²) in [6, 6.07) is 10.4. The van der Waals surface area contributed by atoms with E-state index >= 15 is 0 Å².